The van der Waals surface area contributed by atoms with Crippen LogP contribution in [0.3, 0.4) is 0 Å². The Morgan fingerprint density at radius 1 is 0.647 bits per heavy atom. The Labute approximate surface area is 211 Å². The third-order valence-electron chi connectivity index (χ3n) is 6.98. The van der Waals surface area contributed by atoms with E-state index < -0.39 is 7.60 Å². The summed E-state index contributed by atoms with van der Waals surface area (Å²) in [6.45, 7) is 3.69. The second-order valence-corrected chi connectivity index (χ2v) is 12.3. The Balaban J connectivity index is 3.46. The fourth-order valence-electron chi connectivity index (χ4n) is 4.45. The number of rotatable bonds is 27. The van der Waals surface area contributed by atoms with E-state index in [1.165, 1.54) is 96.3 Å². The highest BCUT2D eigenvalue weighted by atomic mass is 31.2. The van der Waals surface area contributed by atoms with Crippen LogP contribution >= 0.6 is 7.60 Å². The number of quaternary nitrogens is 1. The average molecular weight is 508 g/mol. The van der Waals surface area contributed by atoms with Gasteiger partial charge in [-0.3, -0.25) is 0 Å². The maximum absolute atomic E-state index is 12.1. The molecule has 6 nitrogen and oxygen atoms in total. The molecule has 1 unspecified atom stereocenters. The van der Waals surface area contributed by atoms with Gasteiger partial charge in [0.05, 0.1) is 39.6 Å². The van der Waals surface area contributed by atoms with Gasteiger partial charge in [-0.2, -0.15) is 0 Å². The van der Waals surface area contributed by atoms with E-state index >= 15 is 0 Å². The Morgan fingerprint density at radius 2 is 1.00 bits per heavy atom. The third kappa shape index (κ3) is 22.5. The molecule has 0 aliphatic carbocycles. The summed E-state index contributed by atoms with van der Waals surface area (Å²) in [7, 11) is -2.01. The molecule has 7 heteroatoms. The lowest BCUT2D eigenvalue weighted by Crippen LogP contribution is -2.50. The molecular formula is C27H58NO5P. The van der Waals surface area contributed by atoms with E-state index in [-0.39, 0.29) is 26.0 Å². The number of aliphatic hydroxyl groups excluding tert-OH is 2. The molecule has 1 atom stereocenters. The van der Waals surface area contributed by atoms with Crippen LogP contribution in [0.2, 0.25) is 0 Å². The first-order chi connectivity index (χ1) is 16.4. The lowest BCUT2D eigenvalue weighted by molar-refractivity contribution is -0.908. The molecule has 0 aromatic heterocycles. The first kappa shape index (κ1) is 34.0. The van der Waals surface area contributed by atoms with E-state index in [0.717, 1.165) is 19.3 Å². The van der Waals surface area contributed by atoms with Crippen LogP contribution in [-0.2, 0) is 9.09 Å². The molecule has 0 rings (SSSR count). The zero-order chi connectivity index (χ0) is 25.4. The Bertz CT molecular complexity index is 472. The van der Waals surface area contributed by atoms with Crippen LogP contribution < -0.4 is 4.89 Å². The topological polar surface area (TPSA) is 89.8 Å². The van der Waals surface area contributed by atoms with Gasteiger partial charge in [-0.15, -0.1) is 0 Å². The zero-order valence-electron chi connectivity index (χ0n) is 22.7. The minimum atomic E-state index is -3.86. The van der Waals surface area contributed by atoms with Crippen molar-refractivity contribution in [2.45, 2.75) is 122 Å². The minimum absolute atomic E-state index is 0.0280. The molecule has 0 radical (unpaired) electrons. The van der Waals surface area contributed by atoms with Crippen LogP contribution in [0.4, 0.5) is 0 Å². The lowest BCUT2D eigenvalue weighted by Gasteiger charge is -2.35. The molecule has 2 N–H and O–H groups in total. The fraction of sp³-hybridized carbons (Fsp3) is 1.00. The molecule has 0 aliphatic heterocycles. The fourth-order valence-corrected chi connectivity index (χ4v) is 5.72. The summed E-state index contributed by atoms with van der Waals surface area (Å²) < 4.78 is 17.6. The van der Waals surface area contributed by atoms with Gasteiger partial charge in [0.1, 0.15) is 20.7 Å². The smallest absolute Gasteiger partial charge is 0.140 e. The van der Waals surface area contributed by atoms with Crippen molar-refractivity contribution in [3.05, 3.63) is 0 Å². The summed E-state index contributed by atoms with van der Waals surface area (Å²) in [5.74, 6) is 0. The number of likely N-dealkylation sites (N-methyl/N-ethyl adjacent to an activating group) is 1. The maximum Gasteiger partial charge on any atom is 0.140 e. The number of aliphatic hydroxyl groups is 2. The highest BCUT2D eigenvalue weighted by Crippen LogP contribution is 2.37. The minimum Gasteiger partial charge on any atom is -0.778 e. The van der Waals surface area contributed by atoms with E-state index in [9.17, 15) is 9.46 Å². The van der Waals surface area contributed by atoms with Gasteiger partial charge in [0.2, 0.25) is 0 Å². The Morgan fingerprint density at radius 3 is 1.35 bits per heavy atom. The molecule has 0 spiro atoms. The van der Waals surface area contributed by atoms with Crippen molar-refractivity contribution in [1.82, 2.24) is 0 Å². The second-order valence-electron chi connectivity index (χ2n) is 10.4. The molecule has 0 bridgehead atoms. The molecule has 0 aromatic rings. The Kier molecular flexibility index (Phi) is 23.5. The van der Waals surface area contributed by atoms with Gasteiger partial charge in [0.25, 0.3) is 0 Å². The molecule has 0 aromatic carbocycles. The van der Waals surface area contributed by atoms with Gasteiger partial charge in [-0.1, -0.05) is 116 Å². The summed E-state index contributed by atoms with van der Waals surface area (Å²) >= 11 is 0. The molecular weight excluding hydrogens is 449 g/mol. The highest BCUT2D eigenvalue weighted by molar-refractivity contribution is 7.51. The normalized spacial score (nSPS) is 13.9. The summed E-state index contributed by atoms with van der Waals surface area (Å²) in [5.41, 5.74) is 0. The molecule has 206 valence electrons. The van der Waals surface area contributed by atoms with Crippen LogP contribution in [0.15, 0.2) is 0 Å². The SMILES string of the molecule is CCCCCCCCCCCCCCCCCCCCOP(=O)([O-])CC[N+](C)(CCO)CCO. The van der Waals surface area contributed by atoms with Crippen LogP contribution in [0.1, 0.15) is 122 Å². The van der Waals surface area contributed by atoms with E-state index in [1.807, 2.05) is 7.05 Å². The van der Waals surface area contributed by atoms with Crippen LogP contribution in [0, 0.1) is 0 Å². The summed E-state index contributed by atoms with van der Waals surface area (Å²) in [6, 6.07) is 0. The molecule has 0 saturated carbocycles. The van der Waals surface area contributed by atoms with Crippen molar-refractivity contribution in [3.63, 3.8) is 0 Å². The summed E-state index contributed by atoms with van der Waals surface area (Å²) in [6.07, 6.45) is 23.5. The van der Waals surface area contributed by atoms with Gasteiger partial charge in [0.15, 0.2) is 0 Å². The number of unbranched alkanes of at least 4 members (excludes halogenated alkanes) is 17. The summed E-state index contributed by atoms with van der Waals surface area (Å²) in [5, 5.41) is 18.3. The zero-order valence-corrected chi connectivity index (χ0v) is 23.6. The average Bonchev–Trinajstić information content (AvgIpc) is 2.80. The third-order valence-corrected chi connectivity index (χ3v) is 8.30. The first-order valence-electron chi connectivity index (χ1n) is 14.4. The van der Waals surface area contributed by atoms with E-state index in [4.69, 9.17) is 14.7 Å². The van der Waals surface area contributed by atoms with Crippen molar-refractivity contribution in [1.29, 1.82) is 0 Å². The van der Waals surface area contributed by atoms with Gasteiger partial charge in [-0.25, -0.2) is 0 Å². The quantitative estimate of drug-likeness (QED) is 0.0805. The molecule has 0 saturated heterocycles. The highest BCUT2D eigenvalue weighted by Gasteiger charge is 2.23. The van der Waals surface area contributed by atoms with E-state index in [1.54, 1.807) is 0 Å². The maximum atomic E-state index is 12.1. The first-order valence-corrected chi connectivity index (χ1v) is 16.1. The van der Waals surface area contributed by atoms with Crippen molar-refractivity contribution >= 4 is 7.60 Å². The second kappa shape index (κ2) is 23.4. The lowest BCUT2D eigenvalue weighted by atomic mass is 10.0. The van der Waals surface area contributed by atoms with Gasteiger partial charge >= 0.3 is 0 Å². The predicted molar refractivity (Wildman–Crippen MR) is 142 cm³/mol. The van der Waals surface area contributed by atoms with Crippen LogP contribution in [-0.4, -0.2) is 67.4 Å². The van der Waals surface area contributed by atoms with Gasteiger partial charge in [-0.05, 0) is 6.42 Å². The van der Waals surface area contributed by atoms with Crippen LogP contribution in [0.25, 0.3) is 0 Å². The number of hydrogen-bond donors (Lipinski definition) is 2. The predicted octanol–water partition coefficient (Wildman–Crippen LogP) is 6.03. The van der Waals surface area contributed by atoms with Gasteiger partial charge < -0.3 is 28.7 Å². The monoisotopic (exact) mass is 507 g/mol. The van der Waals surface area contributed by atoms with E-state index in [0.29, 0.717) is 24.1 Å². The van der Waals surface area contributed by atoms with Crippen molar-refractivity contribution in [2.24, 2.45) is 0 Å². The Hall–Kier alpha value is 0.0300. The summed E-state index contributed by atoms with van der Waals surface area (Å²) in [4.78, 5) is 12.1. The number of hydrogen-bond acceptors (Lipinski definition) is 5. The van der Waals surface area contributed by atoms with Gasteiger partial charge in [0, 0.05) is 0 Å². The standard InChI is InChI=1S/C27H58NO5P/c1-3-4-5-6-7-8-9-10-11-12-13-14-15-16-17-18-19-20-26-33-34(31,32)27-23-28(2,21-24-29)22-25-30/h29-30H,3-27H2,1-2H3. The van der Waals surface area contributed by atoms with Crippen molar-refractivity contribution in [3.8, 4) is 0 Å². The molecule has 0 heterocycles. The number of nitrogens with zero attached hydrogens (tertiary/aromatic N) is 1. The van der Waals surface area contributed by atoms with E-state index in [2.05, 4.69) is 6.92 Å². The molecule has 0 fully saturated rings. The molecule has 34 heavy (non-hydrogen) atoms. The molecule has 0 aliphatic rings. The molecule has 0 amide bonds. The van der Waals surface area contributed by atoms with Crippen molar-refractivity contribution < 1.29 is 28.7 Å². The largest absolute Gasteiger partial charge is 0.778 e. The van der Waals surface area contributed by atoms with Crippen LogP contribution in [0.5, 0.6) is 0 Å². The van der Waals surface area contributed by atoms with Crippen molar-refractivity contribution in [2.75, 3.05) is 52.7 Å².